The first-order valence-electron chi connectivity index (χ1n) is 7.75. The number of para-hydroxylation sites is 1. The maximum atomic E-state index is 12.2. The summed E-state index contributed by atoms with van der Waals surface area (Å²) in [6, 6.07) is 11.6. The molecule has 118 valence electrons. The van der Waals surface area contributed by atoms with Gasteiger partial charge in [-0.05, 0) is 30.2 Å². The quantitative estimate of drug-likeness (QED) is 0.759. The topological polar surface area (TPSA) is 72.7 Å². The van der Waals surface area contributed by atoms with Crippen molar-refractivity contribution in [2.75, 3.05) is 0 Å². The zero-order valence-electron chi connectivity index (χ0n) is 13.0. The second-order valence-electron chi connectivity index (χ2n) is 5.37. The van der Waals surface area contributed by atoms with E-state index in [-0.39, 0.29) is 11.9 Å². The Morgan fingerprint density at radius 3 is 2.91 bits per heavy atom. The zero-order chi connectivity index (χ0) is 16.1. The van der Waals surface area contributed by atoms with E-state index >= 15 is 0 Å². The normalized spacial score (nSPS) is 12.2. The molecule has 3 aromatic rings. The van der Waals surface area contributed by atoms with Gasteiger partial charge in [0.15, 0.2) is 0 Å². The fourth-order valence-corrected chi connectivity index (χ4v) is 2.56. The number of benzene rings is 1. The van der Waals surface area contributed by atoms with E-state index in [9.17, 15) is 4.79 Å². The number of hydrogen-bond acceptors (Lipinski definition) is 4. The number of pyridine rings is 1. The zero-order valence-corrected chi connectivity index (χ0v) is 13.0. The van der Waals surface area contributed by atoms with E-state index in [1.165, 1.54) is 0 Å². The fourth-order valence-electron chi connectivity index (χ4n) is 2.56. The molecular weight excluding hydrogens is 290 g/mol. The molecule has 0 spiro atoms. The van der Waals surface area contributed by atoms with Crippen molar-refractivity contribution in [1.82, 2.24) is 25.3 Å². The second-order valence-corrected chi connectivity index (χ2v) is 5.37. The predicted molar refractivity (Wildman–Crippen MR) is 87.6 cm³/mol. The number of rotatable bonds is 6. The molecule has 3 rings (SSSR count). The molecule has 0 radical (unpaired) electrons. The highest BCUT2D eigenvalue weighted by Crippen LogP contribution is 2.15. The highest BCUT2D eigenvalue weighted by atomic mass is 16.1. The lowest BCUT2D eigenvalue weighted by Crippen LogP contribution is -2.29. The first-order chi connectivity index (χ1) is 11.3. The van der Waals surface area contributed by atoms with E-state index < -0.39 is 0 Å². The van der Waals surface area contributed by atoms with Crippen LogP contribution in [-0.4, -0.2) is 25.9 Å². The minimum Gasteiger partial charge on any atom is -0.349 e. The van der Waals surface area contributed by atoms with Crippen molar-refractivity contribution in [3.8, 4) is 0 Å². The number of nitrogens with one attached hydrogen (secondary N) is 1. The maximum Gasteiger partial charge on any atom is 0.222 e. The van der Waals surface area contributed by atoms with Gasteiger partial charge in [0.1, 0.15) is 5.52 Å². The Morgan fingerprint density at radius 2 is 2.13 bits per heavy atom. The van der Waals surface area contributed by atoms with E-state index in [1.54, 1.807) is 17.1 Å². The standard InChI is InChI=1S/C17H19N5O/c1-2-14(13-6-5-10-18-12-13)19-17(23)9-11-22-16-8-4-3-7-15(16)20-21-22/h3-8,10,12,14H,2,9,11H2,1H3,(H,19,23)/t14-/m1/s1. The smallest absolute Gasteiger partial charge is 0.222 e. The molecule has 0 aliphatic rings. The minimum absolute atomic E-state index is 0.000263. The Kier molecular flexibility index (Phi) is 4.61. The Labute approximate surface area is 134 Å². The van der Waals surface area contributed by atoms with Gasteiger partial charge in [0.05, 0.1) is 18.1 Å². The SMILES string of the molecule is CC[C@@H](NC(=O)CCn1nnc2ccccc21)c1cccnc1. The van der Waals surface area contributed by atoms with Crippen LogP contribution >= 0.6 is 0 Å². The van der Waals surface area contributed by atoms with E-state index in [1.807, 2.05) is 43.3 Å². The molecule has 0 saturated heterocycles. The third kappa shape index (κ3) is 3.53. The number of carbonyl (C=O) groups is 1. The third-order valence-corrected chi connectivity index (χ3v) is 3.80. The van der Waals surface area contributed by atoms with Gasteiger partial charge in [0.25, 0.3) is 0 Å². The van der Waals surface area contributed by atoms with E-state index in [0.29, 0.717) is 13.0 Å². The van der Waals surface area contributed by atoms with Gasteiger partial charge in [0.2, 0.25) is 5.91 Å². The lowest BCUT2D eigenvalue weighted by atomic mass is 10.1. The van der Waals surface area contributed by atoms with Crippen LogP contribution < -0.4 is 5.32 Å². The van der Waals surface area contributed by atoms with Crippen molar-refractivity contribution in [3.63, 3.8) is 0 Å². The number of fused-ring (bicyclic) bond motifs is 1. The van der Waals surface area contributed by atoms with Gasteiger partial charge >= 0.3 is 0 Å². The van der Waals surface area contributed by atoms with Crippen LogP contribution in [0, 0.1) is 0 Å². The Hall–Kier alpha value is -2.76. The first-order valence-corrected chi connectivity index (χ1v) is 7.75. The van der Waals surface area contributed by atoms with Crippen molar-refractivity contribution >= 4 is 16.9 Å². The number of aromatic nitrogens is 4. The van der Waals surface area contributed by atoms with Crippen LogP contribution in [0.4, 0.5) is 0 Å². The van der Waals surface area contributed by atoms with Gasteiger partial charge < -0.3 is 5.32 Å². The molecule has 0 aliphatic heterocycles. The Bertz CT molecular complexity index is 784. The lowest BCUT2D eigenvalue weighted by Gasteiger charge is -2.17. The number of carbonyl (C=O) groups excluding carboxylic acids is 1. The summed E-state index contributed by atoms with van der Waals surface area (Å²) in [5, 5.41) is 11.2. The molecule has 0 saturated carbocycles. The van der Waals surface area contributed by atoms with E-state index in [2.05, 4.69) is 20.6 Å². The van der Waals surface area contributed by atoms with Gasteiger partial charge in [-0.15, -0.1) is 5.10 Å². The third-order valence-electron chi connectivity index (χ3n) is 3.80. The molecule has 6 heteroatoms. The average molecular weight is 309 g/mol. The molecule has 1 atom stereocenters. The van der Waals surface area contributed by atoms with Gasteiger partial charge in [0, 0.05) is 18.8 Å². The average Bonchev–Trinajstić information content (AvgIpc) is 3.02. The van der Waals surface area contributed by atoms with Crippen molar-refractivity contribution in [2.45, 2.75) is 32.4 Å². The molecule has 1 N–H and O–H groups in total. The summed E-state index contributed by atoms with van der Waals surface area (Å²) in [5.41, 5.74) is 2.81. The number of amides is 1. The molecule has 1 amide bonds. The second kappa shape index (κ2) is 7.00. The van der Waals surface area contributed by atoms with Crippen LogP contribution in [0.15, 0.2) is 48.8 Å². The van der Waals surface area contributed by atoms with Gasteiger partial charge in [-0.25, -0.2) is 4.68 Å². The van der Waals surface area contributed by atoms with Crippen LogP contribution in [0.3, 0.4) is 0 Å². The highest BCUT2D eigenvalue weighted by Gasteiger charge is 2.13. The Balaban J connectivity index is 1.61. The molecule has 2 heterocycles. The molecule has 0 bridgehead atoms. The van der Waals surface area contributed by atoms with Crippen LogP contribution in [0.1, 0.15) is 31.4 Å². The first kappa shape index (κ1) is 15.1. The summed E-state index contributed by atoms with van der Waals surface area (Å²) in [7, 11) is 0. The highest BCUT2D eigenvalue weighted by molar-refractivity contribution is 5.77. The number of nitrogens with zero attached hydrogens (tertiary/aromatic N) is 4. The van der Waals surface area contributed by atoms with Crippen LogP contribution in [0.25, 0.3) is 11.0 Å². The van der Waals surface area contributed by atoms with Gasteiger partial charge in [-0.1, -0.05) is 30.3 Å². The van der Waals surface area contributed by atoms with Crippen molar-refractivity contribution in [1.29, 1.82) is 0 Å². The predicted octanol–water partition coefficient (Wildman–Crippen LogP) is 2.48. The summed E-state index contributed by atoms with van der Waals surface area (Å²) in [6.45, 7) is 2.55. The minimum atomic E-state index is -0.0105. The molecule has 0 aliphatic carbocycles. The summed E-state index contributed by atoms with van der Waals surface area (Å²) in [6.07, 6.45) is 4.71. The molecule has 6 nitrogen and oxygen atoms in total. The van der Waals surface area contributed by atoms with Crippen LogP contribution in [0.2, 0.25) is 0 Å². The maximum absolute atomic E-state index is 12.2. The van der Waals surface area contributed by atoms with E-state index in [0.717, 1.165) is 23.0 Å². The molecular formula is C17H19N5O. The van der Waals surface area contributed by atoms with E-state index in [4.69, 9.17) is 0 Å². The van der Waals surface area contributed by atoms with Crippen molar-refractivity contribution < 1.29 is 4.79 Å². The molecule has 0 fully saturated rings. The largest absolute Gasteiger partial charge is 0.349 e. The number of aryl methyl sites for hydroxylation is 1. The fraction of sp³-hybridized carbons (Fsp3) is 0.294. The molecule has 2 aromatic heterocycles. The van der Waals surface area contributed by atoms with Crippen molar-refractivity contribution in [3.05, 3.63) is 54.4 Å². The Morgan fingerprint density at radius 1 is 1.26 bits per heavy atom. The lowest BCUT2D eigenvalue weighted by molar-refractivity contribution is -0.122. The summed E-state index contributed by atoms with van der Waals surface area (Å²) in [4.78, 5) is 16.3. The van der Waals surface area contributed by atoms with Crippen molar-refractivity contribution in [2.24, 2.45) is 0 Å². The van der Waals surface area contributed by atoms with Gasteiger partial charge in [-0.3, -0.25) is 9.78 Å². The molecule has 0 unspecified atom stereocenters. The molecule has 1 aromatic carbocycles. The summed E-state index contributed by atoms with van der Waals surface area (Å²) in [5.74, 6) is 0.000263. The summed E-state index contributed by atoms with van der Waals surface area (Å²) < 4.78 is 1.76. The van der Waals surface area contributed by atoms with Crippen LogP contribution in [-0.2, 0) is 11.3 Å². The number of hydrogen-bond donors (Lipinski definition) is 1. The monoisotopic (exact) mass is 309 g/mol. The summed E-state index contributed by atoms with van der Waals surface area (Å²) >= 11 is 0. The molecule has 23 heavy (non-hydrogen) atoms. The van der Waals surface area contributed by atoms with Crippen LogP contribution in [0.5, 0.6) is 0 Å². The van der Waals surface area contributed by atoms with Gasteiger partial charge in [-0.2, -0.15) is 0 Å².